The molecule has 0 unspecified atom stereocenters. The zero-order valence-corrected chi connectivity index (χ0v) is 16.2. The van der Waals surface area contributed by atoms with Gasteiger partial charge in [0.1, 0.15) is 11.6 Å². The third kappa shape index (κ3) is 4.83. The molecule has 0 aliphatic rings. The van der Waals surface area contributed by atoms with Gasteiger partial charge in [-0.05, 0) is 31.2 Å². The number of benzene rings is 1. The highest BCUT2D eigenvalue weighted by molar-refractivity contribution is 7.99. The minimum atomic E-state index is -3.42. The molecule has 0 bridgehead atoms. The van der Waals surface area contributed by atoms with Gasteiger partial charge in [-0.2, -0.15) is 0 Å². The van der Waals surface area contributed by atoms with Gasteiger partial charge in [0.15, 0.2) is 5.16 Å². The number of nitrogens with zero attached hydrogens (tertiary/aromatic N) is 4. The second-order valence-electron chi connectivity index (χ2n) is 5.38. The summed E-state index contributed by atoms with van der Waals surface area (Å²) in [5.74, 6) is 2.18. The molecule has 25 heavy (non-hydrogen) atoms. The van der Waals surface area contributed by atoms with E-state index in [1.807, 2.05) is 11.5 Å². The maximum atomic E-state index is 12.0. The van der Waals surface area contributed by atoms with Crippen molar-refractivity contribution in [1.82, 2.24) is 19.1 Å². The molecule has 0 amide bonds. The molecule has 0 spiro atoms. The van der Waals surface area contributed by atoms with E-state index in [1.54, 1.807) is 42.1 Å². The van der Waals surface area contributed by atoms with Crippen molar-refractivity contribution in [2.75, 3.05) is 26.5 Å². The van der Waals surface area contributed by atoms with E-state index >= 15 is 0 Å². The first kappa shape index (κ1) is 19.5. The highest BCUT2D eigenvalue weighted by Gasteiger charge is 2.16. The van der Waals surface area contributed by atoms with E-state index in [4.69, 9.17) is 4.74 Å². The van der Waals surface area contributed by atoms with Crippen molar-refractivity contribution in [2.45, 2.75) is 23.5 Å². The summed E-state index contributed by atoms with van der Waals surface area (Å²) in [6.45, 7) is 6.78. The van der Waals surface area contributed by atoms with Crippen LogP contribution in [0, 0.1) is 6.92 Å². The molecule has 7 nitrogen and oxygen atoms in total. The molecule has 9 heteroatoms. The molecule has 1 heterocycles. The van der Waals surface area contributed by atoms with Crippen LogP contribution in [0.25, 0.3) is 0 Å². The van der Waals surface area contributed by atoms with E-state index in [0.29, 0.717) is 24.7 Å². The maximum absolute atomic E-state index is 12.0. The van der Waals surface area contributed by atoms with Crippen molar-refractivity contribution in [3.63, 3.8) is 0 Å². The van der Waals surface area contributed by atoms with E-state index in [9.17, 15) is 8.42 Å². The van der Waals surface area contributed by atoms with Gasteiger partial charge in [-0.3, -0.25) is 0 Å². The third-order valence-corrected chi connectivity index (χ3v) is 6.16. The zero-order chi connectivity index (χ0) is 18.4. The van der Waals surface area contributed by atoms with E-state index in [1.165, 1.54) is 18.4 Å². The Morgan fingerprint density at radius 1 is 1.28 bits per heavy atom. The van der Waals surface area contributed by atoms with Crippen molar-refractivity contribution in [1.29, 1.82) is 0 Å². The number of allylic oxidation sites excluding steroid dienone is 1. The Kier molecular flexibility index (Phi) is 6.63. The molecule has 0 radical (unpaired) electrons. The lowest BCUT2D eigenvalue weighted by molar-refractivity contribution is 0.343. The Morgan fingerprint density at radius 2 is 1.96 bits per heavy atom. The van der Waals surface area contributed by atoms with Gasteiger partial charge < -0.3 is 9.30 Å². The first-order valence-electron chi connectivity index (χ1n) is 7.65. The predicted octanol–water partition coefficient (Wildman–Crippen LogP) is 2.19. The first-order valence-corrected chi connectivity index (χ1v) is 10.1. The van der Waals surface area contributed by atoms with Crippen molar-refractivity contribution in [2.24, 2.45) is 0 Å². The number of thioether (sulfide) groups is 1. The van der Waals surface area contributed by atoms with Crippen LogP contribution >= 0.6 is 11.8 Å². The van der Waals surface area contributed by atoms with E-state index in [-0.39, 0.29) is 4.90 Å². The van der Waals surface area contributed by atoms with Gasteiger partial charge >= 0.3 is 0 Å². The molecule has 0 atom stereocenters. The van der Waals surface area contributed by atoms with Gasteiger partial charge in [0.25, 0.3) is 0 Å². The molecule has 0 saturated carbocycles. The smallest absolute Gasteiger partial charge is 0.242 e. The van der Waals surface area contributed by atoms with E-state index in [0.717, 1.165) is 11.0 Å². The monoisotopic (exact) mass is 382 g/mol. The molecule has 1 aromatic carbocycles. The number of hydrogen-bond donors (Lipinski definition) is 0. The van der Waals surface area contributed by atoms with Crippen LogP contribution in [0.15, 0.2) is 47.0 Å². The Bertz CT molecular complexity index is 814. The van der Waals surface area contributed by atoms with Gasteiger partial charge in [-0.15, -0.1) is 16.8 Å². The fourth-order valence-corrected chi connectivity index (χ4v) is 3.73. The summed E-state index contributed by atoms with van der Waals surface area (Å²) in [6.07, 6.45) is 1.81. The standard InChI is InChI=1S/C16H22N4O3S2/c1-5-10-20-13(2)17-18-16(20)24-12-11-23-14-6-8-15(9-7-14)25(21,22)19(3)4/h5-9H,1,10-12H2,2-4H3. The molecular weight excluding hydrogens is 360 g/mol. The fourth-order valence-electron chi connectivity index (χ4n) is 2.02. The number of ether oxygens (including phenoxy) is 1. The Labute approximate surface area is 152 Å². The van der Waals surface area contributed by atoms with Crippen LogP contribution in [-0.2, 0) is 16.6 Å². The first-order chi connectivity index (χ1) is 11.9. The van der Waals surface area contributed by atoms with Crippen LogP contribution in [0.3, 0.4) is 0 Å². The summed E-state index contributed by atoms with van der Waals surface area (Å²) in [6, 6.07) is 6.40. The summed E-state index contributed by atoms with van der Waals surface area (Å²) < 4.78 is 32.8. The number of rotatable bonds is 9. The van der Waals surface area contributed by atoms with Crippen molar-refractivity contribution in [3.05, 3.63) is 42.7 Å². The SMILES string of the molecule is C=CCn1c(C)nnc1SCCOc1ccc(S(=O)(=O)N(C)C)cc1. The molecule has 0 aliphatic heterocycles. The molecule has 2 aromatic rings. The summed E-state index contributed by atoms with van der Waals surface area (Å²) >= 11 is 1.55. The average Bonchev–Trinajstić information content (AvgIpc) is 2.93. The Hall–Kier alpha value is -1.84. The summed E-state index contributed by atoms with van der Waals surface area (Å²) in [4.78, 5) is 0.243. The molecule has 1 aromatic heterocycles. The topological polar surface area (TPSA) is 77.3 Å². The lowest BCUT2D eigenvalue weighted by atomic mass is 10.3. The van der Waals surface area contributed by atoms with E-state index < -0.39 is 10.0 Å². The Morgan fingerprint density at radius 3 is 2.56 bits per heavy atom. The molecule has 136 valence electrons. The molecule has 0 aliphatic carbocycles. The molecule has 0 saturated heterocycles. The number of hydrogen-bond acceptors (Lipinski definition) is 6. The third-order valence-electron chi connectivity index (χ3n) is 3.40. The van der Waals surface area contributed by atoms with Gasteiger partial charge in [-0.1, -0.05) is 17.8 Å². The van der Waals surface area contributed by atoms with Crippen LogP contribution in [0.1, 0.15) is 5.82 Å². The van der Waals surface area contributed by atoms with Crippen LogP contribution in [-0.4, -0.2) is 53.9 Å². The molecule has 0 fully saturated rings. The van der Waals surface area contributed by atoms with Crippen LogP contribution in [0.5, 0.6) is 5.75 Å². The van der Waals surface area contributed by atoms with Crippen LogP contribution in [0.2, 0.25) is 0 Å². The largest absolute Gasteiger partial charge is 0.493 e. The lowest BCUT2D eigenvalue weighted by Gasteiger charge is -2.12. The molecular formula is C16H22N4O3S2. The fraction of sp³-hybridized carbons (Fsp3) is 0.375. The van der Waals surface area contributed by atoms with Crippen LogP contribution < -0.4 is 4.74 Å². The second kappa shape index (κ2) is 8.50. The number of aryl methyl sites for hydroxylation is 1. The van der Waals surface area contributed by atoms with Gasteiger partial charge in [0, 0.05) is 26.4 Å². The Balaban J connectivity index is 1.88. The minimum Gasteiger partial charge on any atom is -0.493 e. The lowest BCUT2D eigenvalue weighted by Crippen LogP contribution is -2.22. The van der Waals surface area contributed by atoms with Gasteiger partial charge in [0.05, 0.1) is 11.5 Å². The van der Waals surface area contributed by atoms with Gasteiger partial charge in [0.2, 0.25) is 10.0 Å². The normalized spacial score (nSPS) is 11.7. The minimum absolute atomic E-state index is 0.243. The van der Waals surface area contributed by atoms with Crippen LogP contribution in [0.4, 0.5) is 0 Å². The summed E-state index contributed by atoms with van der Waals surface area (Å²) in [5, 5.41) is 9.02. The second-order valence-corrected chi connectivity index (χ2v) is 8.60. The number of sulfonamides is 1. The van der Waals surface area contributed by atoms with Crippen molar-refractivity contribution in [3.8, 4) is 5.75 Å². The summed E-state index contributed by atoms with van der Waals surface area (Å²) in [5.41, 5.74) is 0. The maximum Gasteiger partial charge on any atom is 0.242 e. The average molecular weight is 383 g/mol. The quantitative estimate of drug-likeness (QED) is 0.376. The van der Waals surface area contributed by atoms with Gasteiger partial charge in [-0.25, -0.2) is 12.7 Å². The zero-order valence-electron chi connectivity index (χ0n) is 14.5. The van der Waals surface area contributed by atoms with Crippen molar-refractivity contribution >= 4 is 21.8 Å². The van der Waals surface area contributed by atoms with E-state index in [2.05, 4.69) is 16.8 Å². The molecule has 0 N–H and O–H groups in total. The number of aromatic nitrogens is 3. The van der Waals surface area contributed by atoms with Crippen molar-refractivity contribution < 1.29 is 13.2 Å². The molecule has 2 rings (SSSR count). The predicted molar refractivity (Wildman–Crippen MR) is 98.5 cm³/mol. The highest BCUT2D eigenvalue weighted by Crippen LogP contribution is 2.20. The summed E-state index contributed by atoms with van der Waals surface area (Å²) in [7, 11) is -0.408. The highest BCUT2D eigenvalue weighted by atomic mass is 32.2.